The smallest absolute Gasteiger partial charge is 0.157 e. The minimum Gasteiger partial charge on any atom is -0.469 e. The average molecular weight is 296 g/mol. The second kappa shape index (κ2) is 7.66. The predicted molar refractivity (Wildman–Crippen MR) is 85.4 cm³/mol. The topological polar surface area (TPSA) is 42.9 Å². The molecule has 3 heteroatoms. The van der Waals surface area contributed by atoms with Gasteiger partial charge in [-0.25, -0.2) is 0 Å². The van der Waals surface area contributed by atoms with Gasteiger partial charge in [-0.2, -0.15) is 0 Å². The van der Waals surface area contributed by atoms with Crippen molar-refractivity contribution >= 4 is 0 Å². The Hall–Kier alpha value is -2.26. The second-order valence-electron chi connectivity index (χ2n) is 5.55. The molecule has 3 aromatic rings. The number of benzene rings is 1. The molecule has 0 spiro atoms. The zero-order chi connectivity index (χ0) is 15.0. The SMILES string of the molecule is c1ccc(C[C@H](CC[NH2+]Cc2ccco2)c2ccco2)cc1. The van der Waals surface area contributed by atoms with Crippen molar-refractivity contribution in [2.75, 3.05) is 6.54 Å². The molecule has 0 aliphatic carbocycles. The van der Waals surface area contributed by atoms with Crippen LogP contribution in [-0.4, -0.2) is 6.54 Å². The fourth-order valence-electron chi connectivity index (χ4n) is 2.76. The van der Waals surface area contributed by atoms with Crippen LogP contribution in [0.4, 0.5) is 0 Å². The summed E-state index contributed by atoms with van der Waals surface area (Å²) in [6.07, 6.45) is 5.59. The maximum atomic E-state index is 5.64. The van der Waals surface area contributed by atoms with Crippen LogP contribution in [0.15, 0.2) is 76.0 Å². The van der Waals surface area contributed by atoms with E-state index in [1.165, 1.54) is 5.56 Å². The van der Waals surface area contributed by atoms with Gasteiger partial charge >= 0.3 is 0 Å². The molecule has 114 valence electrons. The fraction of sp³-hybridized carbons (Fsp3) is 0.263. The van der Waals surface area contributed by atoms with Crippen molar-refractivity contribution in [1.82, 2.24) is 0 Å². The van der Waals surface area contributed by atoms with E-state index < -0.39 is 0 Å². The molecular weight excluding hydrogens is 274 g/mol. The van der Waals surface area contributed by atoms with Gasteiger partial charge in [0.15, 0.2) is 5.76 Å². The van der Waals surface area contributed by atoms with Crippen LogP contribution in [0.1, 0.15) is 29.4 Å². The largest absolute Gasteiger partial charge is 0.469 e. The molecule has 3 rings (SSSR count). The third kappa shape index (κ3) is 4.12. The Morgan fingerprint density at radius 3 is 2.41 bits per heavy atom. The third-order valence-corrected chi connectivity index (χ3v) is 3.92. The van der Waals surface area contributed by atoms with Gasteiger partial charge < -0.3 is 14.2 Å². The fourth-order valence-corrected chi connectivity index (χ4v) is 2.76. The van der Waals surface area contributed by atoms with E-state index in [0.717, 1.165) is 37.5 Å². The second-order valence-corrected chi connectivity index (χ2v) is 5.55. The molecule has 0 fully saturated rings. The van der Waals surface area contributed by atoms with Crippen LogP contribution in [0.2, 0.25) is 0 Å². The van der Waals surface area contributed by atoms with E-state index in [0.29, 0.717) is 5.92 Å². The summed E-state index contributed by atoms with van der Waals surface area (Å²) in [5, 5.41) is 2.29. The van der Waals surface area contributed by atoms with Crippen LogP contribution in [0, 0.1) is 0 Å². The summed E-state index contributed by atoms with van der Waals surface area (Å²) < 4.78 is 11.0. The molecular formula is C19H22NO2+. The molecule has 0 aliphatic rings. The Bertz CT molecular complexity index is 629. The molecule has 0 saturated heterocycles. The van der Waals surface area contributed by atoms with Gasteiger partial charge in [0, 0.05) is 12.3 Å². The van der Waals surface area contributed by atoms with Crippen LogP contribution in [-0.2, 0) is 13.0 Å². The molecule has 2 heterocycles. The van der Waals surface area contributed by atoms with Gasteiger partial charge in [-0.1, -0.05) is 30.3 Å². The van der Waals surface area contributed by atoms with Crippen LogP contribution in [0.5, 0.6) is 0 Å². The van der Waals surface area contributed by atoms with Crippen molar-refractivity contribution in [3.05, 3.63) is 84.2 Å². The number of furan rings is 2. The van der Waals surface area contributed by atoms with Gasteiger partial charge in [-0.3, -0.25) is 0 Å². The average Bonchev–Trinajstić information content (AvgIpc) is 3.24. The Morgan fingerprint density at radius 1 is 0.864 bits per heavy atom. The van der Waals surface area contributed by atoms with Gasteiger partial charge in [0.2, 0.25) is 0 Å². The minimum absolute atomic E-state index is 0.422. The van der Waals surface area contributed by atoms with Gasteiger partial charge in [0.1, 0.15) is 12.3 Å². The molecule has 1 aromatic carbocycles. The van der Waals surface area contributed by atoms with Gasteiger partial charge in [-0.05, 0) is 36.2 Å². The summed E-state index contributed by atoms with van der Waals surface area (Å²) in [6.45, 7) is 1.95. The molecule has 0 saturated carbocycles. The van der Waals surface area contributed by atoms with Crippen molar-refractivity contribution < 1.29 is 14.2 Å². The Labute approximate surface area is 131 Å². The molecule has 0 aliphatic heterocycles. The van der Waals surface area contributed by atoms with E-state index >= 15 is 0 Å². The van der Waals surface area contributed by atoms with Gasteiger partial charge in [0.25, 0.3) is 0 Å². The highest BCUT2D eigenvalue weighted by Crippen LogP contribution is 2.24. The van der Waals surface area contributed by atoms with Crippen LogP contribution in [0.3, 0.4) is 0 Å². The molecule has 22 heavy (non-hydrogen) atoms. The van der Waals surface area contributed by atoms with E-state index in [1.54, 1.807) is 12.5 Å². The number of nitrogens with two attached hydrogens (primary N) is 1. The first-order chi connectivity index (χ1) is 10.9. The molecule has 2 aromatic heterocycles. The maximum absolute atomic E-state index is 5.64. The summed E-state index contributed by atoms with van der Waals surface area (Å²) in [4.78, 5) is 0. The highest BCUT2D eigenvalue weighted by molar-refractivity contribution is 5.18. The van der Waals surface area contributed by atoms with Crippen molar-refractivity contribution in [3.8, 4) is 0 Å². The first kappa shape index (κ1) is 14.7. The highest BCUT2D eigenvalue weighted by Gasteiger charge is 2.16. The van der Waals surface area contributed by atoms with Gasteiger partial charge in [0.05, 0.1) is 19.1 Å². The van der Waals surface area contributed by atoms with Crippen molar-refractivity contribution in [3.63, 3.8) is 0 Å². The van der Waals surface area contributed by atoms with E-state index in [4.69, 9.17) is 8.83 Å². The number of rotatable bonds is 8. The van der Waals surface area contributed by atoms with E-state index in [-0.39, 0.29) is 0 Å². The van der Waals surface area contributed by atoms with Crippen molar-refractivity contribution in [2.24, 2.45) is 0 Å². The lowest BCUT2D eigenvalue weighted by Crippen LogP contribution is -2.82. The Morgan fingerprint density at radius 2 is 1.68 bits per heavy atom. The third-order valence-electron chi connectivity index (χ3n) is 3.92. The van der Waals surface area contributed by atoms with E-state index in [1.807, 2.05) is 18.2 Å². The monoisotopic (exact) mass is 296 g/mol. The van der Waals surface area contributed by atoms with Crippen LogP contribution in [0.25, 0.3) is 0 Å². The van der Waals surface area contributed by atoms with Crippen LogP contribution < -0.4 is 5.32 Å². The molecule has 3 nitrogen and oxygen atoms in total. The van der Waals surface area contributed by atoms with E-state index in [9.17, 15) is 0 Å². The quantitative estimate of drug-likeness (QED) is 0.648. The normalized spacial score (nSPS) is 12.4. The molecule has 2 N–H and O–H groups in total. The summed E-state index contributed by atoms with van der Waals surface area (Å²) in [5.41, 5.74) is 1.36. The lowest BCUT2D eigenvalue weighted by molar-refractivity contribution is -0.672. The summed E-state index contributed by atoms with van der Waals surface area (Å²) in [7, 11) is 0. The molecule has 1 atom stereocenters. The molecule has 0 unspecified atom stereocenters. The number of quaternary nitrogens is 1. The molecule has 0 bridgehead atoms. The van der Waals surface area contributed by atoms with Crippen molar-refractivity contribution in [1.29, 1.82) is 0 Å². The van der Waals surface area contributed by atoms with E-state index in [2.05, 4.69) is 41.7 Å². The molecule has 0 amide bonds. The summed E-state index contributed by atoms with van der Waals surface area (Å²) >= 11 is 0. The first-order valence-corrected chi connectivity index (χ1v) is 7.83. The highest BCUT2D eigenvalue weighted by atomic mass is 16.3. The molecule has 0 radical (unpaired) electrons. The summed E-state index contributed by atoms with van der Waals surface area (Å²) in [6, 6.07) is 18.6. The lowest BCUT2D eigenvalue weighted by atomic mass is 9.94. The zero-order valence-corrected chi connectivity index (χ0v) is 12.7. The van der Waals surface area contributed by atoms with Gasteiger partial charge in [-0.15, -0.1) is 0 Å². The Balaban J connectivity index is 1.55. The van der Waals surface area contributed by atoms with Crippen LogP contribution >= 0.6 is 0 Å². The van der Waals surface area contributed by atoms with Crippen molar-refractivity contribution in [2.45, 2.75) is 25.3 Å². The summed E-state index contributed by atoms with van der Waals surface area (Å²) in [5.74, 6) is 2.53. The maximum Gasteiger partial charge on any atom is 0.157 e. The predicted octanol–water partition coefficient (Wildman–Crippen LogP) is 3.35. The Kier molecular flexibility index (Phi) is 5.11. The zero-order valence-electron chi connectivity index (χ0n) is 12.7. The first-order valence-electron chi connectivity index (χ1n) is 7.83. The number of hydrogen-bond acceptors (Lipinski definition) is 2. The minimum atomic E-state index is 0.422. The standard InChI is InChI=1S/C19H21NO2/c1-2-6-16(7-3-1)14-17(19-9-5-13-22-19)10-11-20-15-18-8-4-12-21-18/h1-9,12-13,17,20H,10-11,14-15H2/p+1/t17-/m0/s1. The number of hydrogen-bond donors (Lipinski definition) is 1. The lowest BCUT2D eigenvalue weighted by Gasteiger charge is -2.14.